The summed E-state index contributed by atoms with van der Waals surface area (Å²) in [6, 6.07) is 8.88. The molecule has 1 N–H and O–H groups in total. The van der Waals surface area contributed by atoms with Crippen molar-refractivity contribution in [3.63, 3.8) is 0 Å². The molecule has 0 spiro atoms. The molecule has 0 radical (unpaired) electrons. The third-order valence-corrected chi connectivity index (χ3v) is 3.71. The van der Waals surface area contributed by atoms with Crippen LogP contribution in [0.15, 0.2) is 29.1 Å². The highest BCUT2D eigenvalue weighted by Gasteiger charge is 2.30. The molecule has 2 aromatic rings. The summed E-state index contributed by atoms with van der Waals surface area (Å²) in [7, 11) is 0. The minimum atomic E-state index is -0.995. The largest absolute Gasteiger partial charge is 0.336 e. The van der Waals surface area contributed by atoms with Crippen LogP contribution in [0.5, 0.6) is 0 Å². The lowest BCUT2D eigenvalue weighted by Crippen LogP contribution is -2.50. The number of nitriles is 1. The smallest absolute Gasteiger partial charge is 0.278 e. The van der Waals surface area contributed by atoms with Gasteiger partial charge in [-0.1, -0.05) is 31.2 Å². The Bertz CT molecular complexity index is 805. The first kappa shape index (κ1) is 15.6. The molecular formula is C15H17N5O2. The van der Waals surface area contributed by atoms with E-state index in [2.05, 4.69) is 21.7 Å². The summed E-state index contributed by atoms with van der Waals surface area (Å²) in [6.45, 7) is 5.04. The van der Waals surface area contributed by atoms with E-state index < -0.39 is 11.4 Å². The molecule has 1 aromatic carbocycles. The lowest BCUT2D eigenvalue weighted by molar-refractivity contribution is -0.123. The third kappa shape index (κ3) is 2.96. The predicted octanol–water partition coefficient (Wildman–Crippen LogP) is 0.846. The van der Waals surface area contributed by atoms with Crippen LogP contribution < -0.4 is 10.9 Å². The van der Waals surface area contributed by atoms with E-state index in [0.717, 1.165) is 4.68 Å². The second-order valence-corrected chi connectivity index (χ2v) is 5.59. The van der Waals surface area contributed by atoms with Gasteiger partial charge in [-0.3, -0.25) is 9.59 Å². The van der Waals surface area contributed by atoms with E-state index in [4.69, 9.17) is 0 Å². The highest BCUT2D eigenvalue weighted by Crippen LogP contribution is 2.14. The van der Waals surface area contributed by atoms with E-state index in [1.165, 1.54) is 0 Å². The zero-order valence-electron chi connectivity index (χ0n) is 12.7. The molecule has 2 rings (SSSR count). The molecule has 0 saturated heterocycles. The molecule has 7 heteroatoms. The van der Waals surface area contributed by atoms with Gasteiger partial charge in [-0.15, -0.1) is 5.10 Å². The average Bonchev–Trinajstić information content (AvgIpc) is 2.50. The number of benzene rings is 1. The maximum Gasteiger partial charge on any atom is 0.278 e. The van der Waals surface area contributed by atoms with Gasteiger partial charge in [-0.25, -0.2) is 4.68 Å². The maximum atomic E-state index is 12.2. The quantitative estimate of drug-likeness (QED) is 0.901. The zero-order valence-corrected chi connectivity index (χ0v) is 12.7. The van der Waals surface area contributed by atoms with Crippen molar-refractivity contribution in [1.29, 1.82) is 5.26 Å². The number of nitrogens with one attached hydrogen (secondary N) is 1. The van der Waals surface area contributed by atoms with Gasteiger partial charge in [0, 0.05) is 0 Å². The third-order valence-electron chi connectivity index (χ3n) is 3.71. The predicted molar refractivity (Wildman–Crippen MR) is 80.8 cm³/mol. The normalized spacial score (nSPS) is 13.6. The lowest BCUT2D eigenvalue weighted by Gasteiger charge is -2.27. The summed E-state index contributed by atoms with van der Waals surface area (Å²) in [6.07, 6.45) is 0. The summed E-state index contributed by atoms with van der Waals surface area (Å²) in [5, 5.41) is 19.9. The molecule has 114 valence electrons. The Balaban J connectivity index is 2.25. The molecule has 22 heavy (non-hydrogen) atoms. The van der Waals surface area contributed by atoms with Crippen LogP contribution in [0.25, 0.3) is 10.9 Å². The maximum absolute atomic E-state index is 12.2. The van der Waals surface area contributed by atoms with Crippen molar-refractivity contribution >= 4 is 16.8 Å². The molecule has 0 fully saturated rings. The van der Waals surface area contributed by atoms with Crippen LogP contribution in [-0.2, 0) is 11.3 Å². The van der Waals surface area contributed by atoms with Crippen LogP contribution in [0.3, 0.4) is 0 Å². The van der Waals surface area contributed by atoms with E-state index in [9.17, 15) is 14.9 Å². The molecule has 0 bridgehead atoms. The molecule has 1 atom stereocenters. The van der Waals surface area contributed by atoms with Gasteiger partial charge in [0.2, 0.25) is 5.91 Å². The molecule has 1 heterocycles. The second kappa shape index (κ2) is 5.93. The first-order chi connectivity index (χ1) is 10.4. The van der Waals surface area contributed by atoms with Crippen molar-refractivity contribution in [3.05, 3.63) is 34.6 Å². The topological polar surface area (TPSA) is 101 Å². The highest BCUT2D eigenvalue weighted by atomic mass is 16.2. The van der Waals surface area contributed by atoms with E-state index >= 15 is 0 Å². The SMILES string of the molecule is CC(C)C(C)(C#N)NC(=O)Cn1nnc2ccccc2c1=O. The Morgan fingerprint density at radius 1 is 1.45 bits per heavy atom. The average molecular weight is 299 g/mol. The van der Waals surface area contributed by atoms with Gasteiger partial charge < -0.3 is 5.32 Å². The highest BCUT2D eigenvalue weighted by molar-refractivity contribution is 5.79. The number of fused-ring (bicyclic) bond motifs is 1. The molecule has 1 aromatic heterocycles. The van der Waals surface area contributed by atoms with Crippen LogP contribution >= 0.6 is 0 Å². The number of carbonyl (C=O) groups excluding carboxylic acids is 1. The second-order valence-electron chi connectivity index (χ2n) is 5.59. The van der Waals surface area contributed by atoms with Gasteiger partial charge in [-0.2, -0.15) is 5.26 Å². The van der Waals surface area contributed by atoms with Crippen LogP contribution in [0.2, 0.25) is 0 Å². The van der Waals surface area contributed by atoms with Crippen LogP contribution in [-0.4, -0.2) is 26.4 Å². The van der Waals surface area contributed by atoms with Crippen molar-refractivity contribution in [1.82, 2.24) is 20.3 Å². The Hall–Kier alpha value is -2.75. The zero-order chi connectivity index (χ0) is 16.3. The minimum Gasteiger partial charge on any atom is -0.336 e. The molecule has 1 amide bonds. The van der Waals surface area contributed by atoms with Crippen LogP contribution in [0.4, 0.5) is 0 Å². The van der Waals surface area contributed by atoms with Crippen molar-refractivity contribution < 1.29 is 4.79 Å². The fourth-order valence-electron chi connectivity index (χ4n) is 1.89. The van der Waals surface area contributed by atoms with Gasteiger partial charge in [0.15, 0.2) is 0 Å². The van der Waals surface area contributed by atoms with Crippen molar-refractivity contribution in [2.45, 2.75) is 32.9 Å². The first-order valence-electron chi connectivity index (χ1n) is 6.92. The lowest BCUT2D eigenvalue weighted by atomic mass is 9.90. The molecular weight excluding hydrogens is 282 g/mol. The summed E-state index contributed by atoms with van der Waals surface area (Å²) in [5.41, 5.74) is -0.900. The van der Waals surface area contributed by atoms with Gasteiger partial charge in [-0.05, 0) is 25.0 Å². The Morgan fingerprint density at radius 3 is 2.77 bits per heavy atom. The van der Waals surface area contributed by atoms with Crippen molar-refractivity contribution in [2.24, 2.45) is 5.92 Å². The number of nitrogens with zero attached hydrogens (tertiary/aromatic N) is 4. The summed E-state index contributed by atoms with van der Waals surface area (Å²) >= 11 is 0. The van der Waals surface area contributed by atoms with Gasteiger partial charge in [0.1, 0.15) is 17.6 Å². The number of hydrogen-bond acceptors (Lipinski definition) is 5. The summed E-state index contributed by atoms with van der Waals surface area (Å²) in [4.78, 5) is 24.3. The van der Waals surface area contributed by atoms with Gasteiger partial charge in [0.25, 0.3) is 5.56 Å². The van der Waals surface area contributed by atoms with E-state index in [1.54, 1.807) is 31.2 Å². The molecule has 7 nitrogen and oxygen atoms in total. The minimum absolute atomic E-state index is 0.0686. The number of carbonyl (C=O) groups is 1. The van der Waals surface area contributed by atoms with E-state index in [-0.39, 0.29) is 18.0 Å². The molecule has 0 aliphatic heterocycles. The Labute approximate surface area is 127 Å². The summed E-state index contributed by atoms with van der Waals surface area (Å²) < 4.78 is 0.996. The van der Waals surface area contributed by atoms with Crippen LogP contribution in [0.1, 0.15) is 20.8 Å². The Kier molecular flexibility index (Phi) is 4.22. The number of amides is 1. The van der Waals surface area contributed by atoms with E-state index in [1.807, 2.05) is 13.8 Å². The Morgan fingerprint density at radius 2 is 2.14 bits per heavy atom. The van der Waals surface area contributed by atoms with Crippen LogP contribution in [0, 0.1) is 17.2 Å². The molecule has 0 aliphatic rings. The molecule has 0 saturated carbocycles. The fraction of sp³-hybridized carbons (Fsp3) is 0.400. The number of aromatic nitrogens is 3. The molecule has 0 aliphatic carbocycles. The van der Waals surface area contributed by atoms with Gasteiger partial charge >= 0.3 is 0 Å². The monoisotopic (exact) mass is 299 g/mol. The van der Waals surface area contributed by atoms with Crippen molar-refractivity contribution in [3.8, 4) is 6.07 Å². The first-order valence-corrected chi connectivity index (χ1v) is 6.92. The fourth-order valence-corrected chi connectivity index (χ4v) is 1.89. The number of rotatable bonds is 4. The molecule has 1 unspecified atom stereocenters. The summed E-state index contributed by atoms with van der Waals surface area (Å²) in [5.74, 6) is -0.523. The van der Waals surface area contributed by atoms with E-state index in [0.29, 0.717) is 10.9 Å². The standard InChI is InChI=1S/C15H17N5O2/c1-10(2)15(3,9-16)17-13(21)8-20-14(22)11-6-4-5-7-12(11)18-19-20/h4-7,10H,8H2,1-3H3,(H,17,21). The van der Waals surface area contributed by atoms with Crippen molar-refractivity contribution in [2.75, 3.05) is 0 Å². The number of hydrogen-bond donors (Lipinski definition) is 1. The van der Waals surface area contributed by atoms with Gasteiger partial charge in [0.05, 0.1) is 11.5 Å².